The van der Waals surface area contributed by atoms with Crippen molar-refractivity contribution in [2.45, 2.75) is 29.5 Å². The number of aliphatic carboxylic acids is 1. The summed E-state index contributed by atoms with van der Waals surface area (Å²) in [5.74, 6) is -1.24. The van der Waals surface area contributed by atoms with E-state index >= 15 is 0 Å². The van der Waals surface area contributed by atoms with Crippen molar-refractivity contribution < 1.29 is 19.5 Å². The van der Waals surface area contributed by atoms with Gasteiger partial charge < -0.3 is 21.1 Å². The number of carboxylic acids is 1. The topological polar surface area (TPSA) is 172 Å². The van der Waals surface area contributed by atoms with Gasteiger partial charge in [0.1, 0.15) is 17.1 Å². The van der Waals surface area contributed by atoms with Gasteiger partial charge in [-0.25, -0.2) is 14.5 Å². The Morgan fingerprint density at radius 2 is 2.11 bits per heavy atom. The number of hydrogen-bond donors (Lipinski definition) is 3. The van der Waals surface area contributed by atoms with E-state index in [9.17, 15) is 19.5 Å². The molecule has 0 bridgehead atoms. The lowest BCUT2D eigenvalue weighted by Gasteiger charge is -2.49. The maximum absolute atomic E-state index is 12.8. The molecule has 1 fully saturated rings. The van der Waals surface area contributed by atoms with Crippen LogP contribution in [-0.4, -0.2) is 101 Å². The molecule has 2 aromatic heterocycles. The first-order valence-electron chi connectivity index (χ1n) is 10.2. The van der Waals surface area contributed by atoms with E-state index in [2.05, 4.69) is 25.8 Å². The summed E-state index contributed by atoms with van der Waals surface area (Å²) in [5, 5.41) is 26.4. The Morgan fingerprint density at radius 1 is 1.36 bits per heavy atom. The van der Waals surface area contributed by atoms with Gasteiger partial charge in [0.2, 0.25) is 11.1 Å². The van der Waals surface area contributed by atoms with Crippen LogP contribution >= 0.6 is 59.7 Å². The van der Waals surface area contributed by atoms with Gasteiger partial charge in [0, 0.05) is 23.4 Å². The van der Waals surface area contributed by atoms with Crippen LogP contribution in [0.25, 0.3) is 0 Å². The number of aromatic nitrogens is 5. The molecule has 198 valence electrons. The maximum atomic E-state index is 12.8. The molecule has 0 saturated carbocycles. The number of fused-ring (bicyclic) bond motifs is 1. The molecule has 2 aliphatic heterocycles. The number of hydrogen-bond acceptors (Lipinski definition) is 12. The Balaban J connectivity index is 0.00000228. The highest BCUT2D eigenvalue weighted by molar-refractivity contribution is 8.01. The zero-order valence-electron chi connectivity index (χ0n) is 19.2. The minimum Gasteiger partial charge on any atom is -0.477 e. The van der Waals surface area contributed by atoms with Crippen molar-refractivity contribution in [1.82, 2.24) is 40.3 Å². The van der Waals surface area contributed by atoms with Crippen LogP contribution in [0.2, 0.25) is 0 Å². The fraction of sp³-hybridized carbons (Fsp3) is 0.500. The normalized spacial score (nSPS) is 18.8. The number of anilines is 1. The van der Waals surface area contributed by atoms with Gasteiger partial charge in [-0.3, -0.25) is 14.5 Å². The lowest BCUT2D eigenvalue weighted by molar-refractivity contribution is -0.150. The first-order valence-corrected chi connectivity index (χ1v) is 13.1. The highest BCUT2D eigenvalue weighted by Gasteiger charge is 2.54. The molecular formula is C18H25Cl2N9O4S3. The lowest BCUT2D eigenvalue weighted by atomic mass is 10.0. The molecule has 0 spiro atoms. The number of likely N-dealkylation sites (N-methyl/N-ethyl adjacent to an activating group) is 1. The van der Waals surface area contributed by atoms with Gasteiger partial charge in [0.05, 0.1) is 18.7 Å². The Morgan fingerprint density at radius 3 is 2.75 bits per heavy atom. The first kappa shape index (κ1) is 30.1. The molecule has 2 atom stereocenters. The van der Waals surface area contributed by atoms with E-state index < -0.39 is 23.3 Å². The van der Waals surface area contributed by atoms with E-state index in [1.807, 2.05) is 19.0 Å². The van der Waals surface area contributed by atoms with E-state index in [-0.39, 0.29) is 42.8 Å². The molecule has 0 aromatic carbocycles. The zero-order valence-corrected chi connectivity index (χ0v) is 23.3. The summed E-state index contributed by atoms with van der Waals surface area (Å²) in [6.45, 7) is 1.36. The van der Waals surface area contributed by atoms with E-state index in [1.165, 1.54) is 39.8 Å². The Hall–Kier alpha value is -2.11. The van der Waals surface area contributed by atoms with E-state index in [0.717, 1.165) is 6.54 Å². The number of thiazole rings is 1. The fourth-order valence-corrected chi connectivity index (χ4v) is 6.42. The van der Waals surface area contributed by atoms with Gasteiger partial charge in [0.15, 0.2) is 5.13 Å². The Kier molecular flexibility index (Phi) is 10.8. The van der Waals surface area contributed by atoms with E-state index in [1.54, 1.807) is 10.1 Å². The molecule has 0 aliphatic carbocycles. The number of halogens is 2. The summed E-state index contributed by atoms with van der Waals surface area (Å²) >= 11 is 3.98. The molecule has 1 saturated heterocycles. The van der Waals surface area contributed by atoms with Gasteiger partial charge in [0.25, 0.3) is 5.91 Å². The highest BCUT2D eigenvalue weighted by atomic mass is 35.5. The second-order valence-corrected chi connectivity index (χ2v) is 10.8. The average molecular weight is 599 g/mol. The molecule has 0 radical (unpaired) electrons. The number of nitrogens with one attached hydrogen (secondary N) is 1. The Labute approximate surface area is 231 Å². The summed E-state index contributed by atoms with van der Waals surface area (Å²) in [5.41, 5.74) is 6.68. The van der Waals surface area contributed by atoms with Crippen LogP contribution in [-0.2, 0) is 27.3 Å². The number of nitrogens with two attached hydrogens (primary N) is 1. The predicted molar refractivity (Wildman–Crippen MR) is 142 cm³/mol. The predicted octanol–water partition coefficient (Wildman–Crippen LogP) is 0.190. The van der Waals surface area contributed by atoms with Crippen molar-refractivity contribution in [3.05, 3.63) is 22.3 Å². The summed E-state index contributed by atoms with van der Waals surface area (Å²) < 4.78 is 1.67. The standard InChI is InChI=1S/C18H23N9O4S3.2ClH/c1-25(2)3-4-26-18(22-23-24-26)34-7-9-6-32-15-12(14(29)27(15)13(9)16(30)31)21-11(28)5-10-8-33-17(19)20-10;;/h8,12,15H,3-7H2,1-2H3,(H2,19,20)(H,21,28)(H,30,31);2*1H. The molecule has 4 heterocycles. The van der Waals surface area contributed by atoms with Crippen molar-refractivity contribution in [3.8, 4) is 0 Å². The SMILES string of the molecule is CN(C)CCn1nnnc1SCC1=C(C(=O)O)N2C(=O)C(NC(=O)Cc3csc(N)n3)C2SC1.Cl.Cl. The van der Waals surface area contributed by atoms with Gasteiger partial charge in [-0.2, -0.15) is 0 Å². The second-order valence-electron chi connectivity index (χ2n) is 7.84. The summed E-state index contributed by atoms with van der Waals surface area (Å²) in [7, 11) is 3.90. The maximum Gasteiger partial charge on any atom is 0.352 e. The van der Waals surface area contributed by atoms with Crippen molar-refractivity contribution in [2.75, 3.05) is 37.9 Å². The third kappa shape index (κ3) is 6.60. The number of amides is 2. The summed E-state index contributed by atoms with van der Waals surface area (Å²) in [6.07, 6.45) is 0.000917. The first-order chi connectivity index (χ1) is 16.2. The molecule has 18 heteroatoms. The van der Waals surface area contributed by atoms with Crippen molar-refractivity contribution in [1.29, 1.82) is 0 Å². The van der Waals surface area contributed by atoms with Crippen LogP contribution in [0.1, 0.15) is 5.69 Å². The van der Waals surface area contributed by atoms with Crippen LogP contribution in [0, 0.1) is 0 Å². The van der Waals surface area contributed by atoms with Crippen LogP contribution in [0.5, 0.6) is 0 Å². The number of nitrogen functional groups attached to an aromatic ring is 1. The second kappa shape index (κ2) is 12.9. The van der Waals surface area contributed by atoms with Gasteiger partial charge >= 0.3 is 5.97 Å². The van der Waals surface area contributed by atoms with Crippen LogP contribution < -0.4 is 11.1 Å². The fourth-order valence-electron chi connectivity index (χ4n) is 3.47. The number of nitrogens with zero attached hydrogens (tertiary/aromatic N) is 7. The largest absolute Gasteiger partial charge is 0.477 e. The molecule has 4 rings (SSSR count). The zero-order chi connectivity index (χ0) is 24.4. The van der Waals surface area contributed by atoms with E-state index in [0.29, 0.717) is 39.6 Å². The van der Waals surface area contributed by atoms with Crippen molar-refractivity contribution in [3.63, 3.8) is 0 Å². The third-order valence-corrected chi connectivity index (χ3v) is 8.22. The van der Waals surface area contributed by atoms with Crippen molar-refractivity contribution >= 4 is 82.6 Å². The van der Waals surface area contributed by atoms with Gasteiger partial charge in [-0.1, -0.05) is 11.8 Å². The van der Waals surface area contributed by atoms with Gasteiger partial charge in [-0.05, 0) is 30.1 Å². The molecule has 2 aromatic rings. The van der Waals surface area contributed by atoms with Crippen LogP contribution in [0.3, 0.4) is 0 Å². The number of β-lactam (4-membered cyclic amide) rings is 1. The lowest BCUT2D eigenvalue weighted by Crippen LogP contribution is -2.70. The molecule has 2 aliphatic rings. The molecule has 36 heavy (non-hydrogen) atoms. The Bertz CT molecular complexity index is 1140. The molecule has 2 unspecified atom stereocenters. The molecular weight excluding hydrogens is 573 g/mol. The number of carboxylic acid groups (broad SMARTS) is 1. The quantitative estimate of drug-likeness (QED) is 0.251. The number of thioether (sulfide) groups is 2. The third-order valence-electron chi connectivity index (χ3n) is 5.11. The number of tetrazole rings is 1. The minimum absolute atomic E-state index is 0. The molecule has 2 amide bonds. The van der Waals surface area contributed by atoms with Crippen LogP contribution in [0.4, 0.5) is 5.13 Å². The van der Waals surface area contributed by atoms with Crippen molar-refractivity contribution in [2.24, 2.45) is 0 Å². The molecule has 4 N–H and O–H groups in total. The van der Waals surface area contributed by atoms with E-state index in [4.69, 9.17) is 5.73 Å². The molecule has 13 nitrogen and oxygen atoms in total. The number of carbonyl (C=O) groups excluding carboxylic acids is 2. The monoisotopic (exact) mass is 597 g/mol. The number of rotatable bonds is 10. The number of carbonyl (C=O) groups is 3. The smallest absolute Gasteiger partial charge is 0.352 e. The highest BCUT2D eigenvalue weighted by Crippen LogP contribution is 2.41. The summed E-state index contributed by atoms with van der Waals surface area (Å²) in [4.78, 5) is 44.5. The van der Waals surface area contributed by atoms with Gasteiger partial charge in [-0.15, -0.1) is 53.0 Å². The average Bonchev–Trinajstić information content (AvgIpc) is 3.41. The minimum atomic E-state index is -1.18. The summed E-state index contributed by atoms with van der Waals surface area (Å²) in [6, 6.07) is -0.782. The van der Waals surface area contributed by atoms with Crippen LogP contribution in [0.15, 0.2) is 21.8 Å².